The molecular weight excluding hydrogens is 293 g/mol. The zero-order chi connectivity index (χ0) is 15.0. The second-order valence-electron chi connectivity index (χ2n) is 5.48. The Morgan fingerprint density at radius 1 is 1.43 bits per heavy atom. The predicted octanol–water partition coefficient (Wildman–Crippen LogP) is 3.56. The van der Waals surface area contributed by atoms with Crippen LogP contribution in [-0.2, 0) is 11.2 Å². The highest BCUT2D eigenvalue weighted by Crippen LogP contribution is 2.42. The van der Waals surface area contributed by atoms with Gasteiger partial charge in [-0.3, -0.25) is 5.10 Å². The highest BCUT2D eigenvalue weighted by Gasteiger charge is 2.38. The minimum Gasteiger partial charge on any atom is -0.382 e. The molecular formula is C15H17ClFN3O. The van der Waals surface area contributed by atoms with Crippen molar-refractivity contribution in [1.82, 2.24) is 10.2 Å². The van der Waals surface area contributed by atoms with E-state index in [-0.39, 0.29) is 11.4 Å². The molecule has 3 N–H and O–H groups in total. The van der Waals surface area contributed by atoms with E-state index in [9.17, 15) is 4.39 Å². The molecule has 0 unspecified atom stereocenters. The number of nitrogens with one attached hydrogen (secondary N) is 1. The summed E-state index contributed by atoms with van der Waals surface area (Å²) in [6, 6.07) is 4.58. The van der Waals surface area contributed by atoms with E-state index < -0.39 is 5.82 Å². The molecule has 1 saturated carbocycles. The first-order valence-corrected chi connectivity index (χ1v) is 7.26. The van der Waals surface area contributed by atoms with Crippen molar-refractivity contribution >= 4 is 17.4 Å². The second-order valence-corrected chi connectivity index (χ2v) is 5.88. The van der Waals surface area contributed by atoms with Gasteiger partial charge in [0.15, 0.2) is 5.82 Å². The number of aromatic amines is 1. The van der Waals surface area contributed by atoms with Crippen molar-refractivity contribution in [3.8, 4) is 11.1 Å². The summed E-state index contributed by atoms with van der Waals surface area (Å²) in [5.74, 6) is -0.153. The summed E-state index contributed by atoms with van der Waals surface area (Å²) in [6.07, 6.45) is 3.71. The number of halogens is 2. The number of hydrogen-bond acceptors (Lipinski definition) is 3. The Morgan fingerprint density at radius 2 is 2.19 bits per heavy atom. The lowest BCUT2D eigenvalue weighted by Gasteiger charge is -2.40. The van der Waals surface area contributed by atoms with Crippen molar-refractivity contribution in [3.63, 3.8) is 0 Å². The normalized spacial score (nSPS) is 16.7. The number of nitrogens with two attached hydrogens (primary N) is 1. The Bertz CT molecular complexity index is 641. The van der Waals surface area contributed by atoms with E-state index in [2.05, 4.69) is 10.2 Å². The van der Waals surface area contributed by atoms with Gasteiger partial charge in [-0.05, 0) is 31.4 Å². The molecule has 1 heterocycles. The van der Waals surface area contributed by atoms with Crippen LogP contribution in [0.4, 0.5) is 10.2 Å². The van der Waals surface area contributed by atoms with E-state index in [1.165, 1.54) is 6.07 Å². The number of aromatic nitrogens is 2. The van der Waals surface area contributed by atoms with Crippen LogP contribution in [0.1, 0.15) is 25.0 Å². The van der Waals surface area contributed by atoms with Gasteiger partial charge in [-0.1, -0.05) is 17.7 Å². The van der Waals surface area contributed by atoms with Gasteiger partial charge in [-0.25, -0.2) is 4.39 Å². The van der Waals surface area contributed by atoms with Crippen LogP contribution in [0.3, 0.4) is 0 Å². The third-order valence-corrected chi connectivity index (χ3v) is 4.59. The van der Waals surface area contributed by atoms with Crippen molar-refractivity contribution in [1.29, 1.82) is 0 Å². The van der Waals surface area contributed by atoms with E-state index in [4.69, 9.17) is 22.1 Å². The van der Waals surface area contributed by atoms with Gasteiger partial charge in [0, 0.05) is 24.8 Å². The number of ether oxygens (including phenoxy) is 1. The predicted molar refractivity (Wildman–Crippen MR) is 80.7 cm³/mol. The first kappa shape index (κ1) is 14.4. The Hall–Kier alpha value is -1.59. The fraction of sp³-hybridized carbons (Fsp3) is 0.400. The zero-order valence-corrected chi connectivity index (χ0v) is 12.5. The van der Waals surface area contributed by atoms with E-state index in [0.717, 1.165) is 25.0 Å². The number of nitrogens with zero attached hydrogens (tertiary/aromatic N) is 1. The number of methoxy groups -OCH3 is 1. The number of nitrogen functional groups attached to an aromatic ring is 1. The van der Waals surface area contributed by atoms with Gasteiger partial charge in [0.1, 0.15) is 5.82 Å². The zero-order valence-electron chi connectivity index (χ0n) is 11.7. The maximum absolute atomic E-state index is 14.2. The molecule has 1 aliphatic carbocycles. The van der Waals surface area contributed by atoms with Crippen molar-refractivity contribution < 1.29 is 9.13 Å². The van der Waals surface area contributed by atoms with Gasteiger partial charge >= 0.3 is 0 Å². The minimum atomic E-state index is -0.406. The second kappa shape index (κ2) is 5.31. The molecule has 1 aliphatic rings. The van der Waals surface area contributed by atoms with E-state index >= 15 is 0 Å². The first-order chi connectivity index (χ1) is 10.1. The third-order valence-electron chi connectivity index (χ3n) is 4.28. The van der Waals surface area contributed by atoms with E-state index in [1.54, 1.807) is 19.2 Å². The molecule has 6 heteroatoms. The molecule has 0 bridgehead atoms. The molecule has 1 aromatic heterocycles. The lowest BCUT2D eigenvalue weighted by Crippen LogP contribution is -2.41. The van der Waals surface area contributed by atoms with Crippen molar-refractivity contribution in [2.24, 2.45) is 0 Å². The Morgan fingerprint density at radius 3 is 2.76 bits per heavy atom. The molecule has 1 aromatic carbocycles. The summed E-state index contributed by atoms with van der Waals surface area (Å²) in [4.78, 5) is 0. The summed E-state index contributed by atoms with van der Waals surface area (Å²) in [5, 5.41) is 7.25. The molecule has 0 saturated heterocycles. The monoisotopic (exact) mass is 309 g/mol. The molecule has 0 atom stereocenters. The summed E-state index contributed by atoms with van der Waals surface area (Å²) in [5.41, 5.74) is 7.32. The fourth-order valence-electron chi connectivity index (χ4n) is 2.88. The largest absolute Gasteiger partial charge is 0.382 e. The molecule has 0 amide bonds. The number of benzene rings is 1. The topological polar surface area (TPSA) is 63.9 Å². The fourth-order valence-corrected chi connectivity index (χ4v) is 3.14. The maximum Gasteiger partial charge on any atom is 0.153 e. The van der Waals surface area contributed by atoms with Crippen molar-refractivity contribution in [2.75, 3.05) is 12.8 Å². The van der Waals surface area contributed by atoms with Crippen LogP contribution in [0, 0.1) is 5.82 Å². The molecule has 0 spiro atoms. The van der Waals surface area contributed by atoms with E-state index in [1.807, 2.05) is 0 Å². The Balaban J connectivity index is 2.05. The lowest BCUT2D eigenvalue weighted by atomic mass is 9.76. The minimum absolute atomic E-state index is 0.203. The number of rotatable bonds is 4. The molecule has 112 valence electrons. The molecule has 3 rings (SSSR count). The van der Waals surface area contributed by atoms with Crippen LogP contribution in [0.2, 0.25) is 5.02 Å². The molecule has 2 aromatic rings. The summed E-state index contributed by atoms with van der Waals surface area (Å²) in [6.45, 7) is 0. The van der Waals surface area contributed by atoms with Gasteiger partial charge in [0.05, 0.1) is 16.2 Å². The molecule has 21 heavy (non-hydrogen) atoms. The number of hydrogen-bond donors (Lipinski definition) is 2. The van der Waals surface area contributed by atoms with Gasteiger partial charge in [0.2, 0.25) is 0 Å². The average Bonchev–Trinajstić information content (AvgIpc) is 2.76. The summed E-state index contributed by atoms with van der Waals surface area (Å²) >= 11 is 6.15. The number of anilines is 1. The lowest BCUT2D eigenvalue weighted by molar-refractivity contribution is -0.0713. The first-order valence-electron chi connectivity index (χ1n) is 6.88. The van der Waals surface area contributed by atoms with Crippen LogP contribution >= 0.6 is 11.6 Å². The highest BCUT2D eigenvalue weighted by molar-refractivity contribution is 6.33. The van der Waals surface area contributed by atoms with Crippen LogP contribution in [0.25, 0.3) is 11.1 Å². The third kappa shape index (κ3) is 2.40. The van der Waals surface area contributed by atoms with Crippen molar-refractivity contribution in [3.05, 3.63) is 34.7 Å². The standard InChI is InChI=1S/C15H17ClFN3O/c1-21-15(6-3-7-15)8-11-13(14(18)20-19-11)12-9(16)4-2-5-10(12)17/h2,4-5H,3,6-8H2,1H3,(H3,18,19,20). The Kier molecular flexibility index (Phi) is 3.63. The average molecular weight is 310 g/mol. The molecule has 0 aliphatic heterocycles. The molecule has 4 nitrogen and oxygen atoms in total. The van der Waals surface area contributed by atoms with Crippen LogP contribution in [0.15, 0.2) is 18.2 Å². The smallest absolute Gasteiger partial charge is 0.153 e. The maximum atomic E-state index is 14.2. The summed E-state index contributed by atoms with van der Waals surface area (Å²) < 4.78 is 19.8. The van der Waals surface area contributed by atoms with Gasteiger partial charge < -0.3 is 10.5 Å². The van der Waals surface area contributed by atoms with Crippen LogP contribution < -0.4 is 5.73 Å². The molecule has 0 radical (unpaired) electrons. The Labute approximate surface area is 127 Å². The SMILES string of the molecule is COC1(Cc2[nH]nc(N)c2-c2c(F)cccc2Cl)CCC1. The van der Waals surface area contributed by atoms with Crippen LogP contribution in [0.5, 0.6) is 0 Å². The number of H-pyrrole nitrogens is 1. The van der Waals surface area contributed by atoms with Gasteiger partial charge in [-0.2, -0.15) is 5.10 Å². The van der Waals surface area contributed by atoms with E-state index in [0.29, 0.717) is 22.6 Å². The quantitative estimate of drug-likeness (QED) is 0.907. The van der Waals surface area contributed by atoms with Gasteiger partial charge in [0.25, 0.3) is 0 Å². The van der Waals surface area contributed by atoms with Crippen LogP contribution in [-0.4, -0.2) is 22.9 Å². The van der Waals surface area contributed by atoms with Crippen molar-refractivity contribution in [2.45, 2.75) is 31.3 Å². The summed E-state index contributed by atoms with van der Waals surface area (Å²) in [7, 11) is 1.70. The molecule has 1 fully saturated rings. The van der Waals surface area contributed by atoms with Gasteiger partial charge in [-0.15, -0.1) is 0 Å². The highest BCUT2D eigenvalue weighted by atomic mass is 35.5.